The first-order chi connectivity index (χ1) is 16.6. The van der Waals surface area contributed by atoms with E-state index in [1.807, 2.05) is 0 Å². The van der Waals surface area contributed by atoms with Crippen molar-refractivity contribution in [3.8, 4) is 0 Å². The number of rotatable bonds is 6. The number of benzene rings is 2. The van der Waals surface area contributed by atoms with Gasteiger partial charge in [0.1, 0.15) is 0 Å². The van der Waals surface area contributed by atoms with Gasteiger partial charge >= 0.3 is 0 Å². The third-order valence-corrected chi connectivity index (χ3v) is 9.41. The number of carbonyl (C=O) groups excluding carboxylic acids is 1. The van der Waals surface area contributed by atoms with Gasteiger partial charge in [0.15, 0.2) is 9.84 Å². The number of ether oxygens (including phenoxy) is 1. The maximum absolute atomic E-state index is 13.3. The molecule has 11 heteroatoms. The second kappa shape index (κ2) is 10.3. The Bertz CT molecular complexity index is 1310. The van der Waals surface area contributed by atoms with Crippen LogP contribution in [0.5, 0.6) is 0 Å². The number of aryl methyl sites for hydroxylation is 1. The number of morpholine rings is 1. The number of anilines is 2. The normalized spacial score (nSPS) is 17.8. The molecule has 2 saturated heterocycles. The van der Waals surface area contributed by atoms with Gasteiger partial charge in [0, 0.05) is 38.0 Å². The van der Waals surface area contributed by atoms with E-state index < -0.39 is 25.8 Å². The first-order valence-corrected chi connectivity index (χ1v) is 15.0. The number of hydrogen-bond donors (Lipinski definition) is 1. The number of sulfone groups is 1. The highest BCUT2D eigenvalue weighted by molar-refractivity contribution is 7.90. The molecule has 0 spiro atoms. The molecular weight excluding hydrogens is 490 g/mol. The number of piperidine rings is 1. The van der Waals surface area contributed by atoms with Crippen molar-refractivity contribution in [2.24, 2.45) is 0 Å². The highest BCUT2D eigenvalue weighted by atomic mass is 32.2. The molecule has 2 fully saturated rings. The number of amides is 1. The summed E-state index contributed by atoms with van der Waals surface area (Å²) in [5.41, 5.74) is 1.97. The Morgan fingerprint density at radius 1 is 0.886 bits per heavy atom. The largest absolute Gasteiger partial charge is 0.379 e. The van der Waals surface area contributed by atoms with Crippen LogP contribution in [0.15, 0.2) is 46.2 Å². The van der Waals surface area contributed by atoms with Gasteiger partial charge in [-0.25, -0.2) is 16.8 Å². The first-order valence-electron chi connectivity index (χ1n) is 11.7. The standard InChI is InChI=1S/C24H31N3O6S2/c1-18-6-7-19(34(2,29)30)16-21(18)24(28)25-22-17-20(35(31,32)27-12-14-33-15-13-27)8-9-23(22)26-10-4-3-5-11-26/h6-9,16-17H,3-5,10-15H2,1-2H3,(H,25,28). The molecule has 4 rings (SSSR count). The van der Waals surface area contributed by atoms with E-state index in [0.717, 1.165) is 44.3 Å². The molecular formula is C24H31N3O6S2. The van der Waals surface area contributed by atoms with Crippen molar-refractivity contribution in [2.75, 3.05) is 55.9 Å². The number of nitrogens with zero attached hydrogens (tertiary/aromatic N) is 2. The predicted molar refractivity (Wildman–Crippen MR) is 134 cm³/mol. The van der Waals surface area contributed by atoms with Gasteiger partial charge in [-0.15, -0.1) is 0 Å². The average molecular weight is 522 g/mol. The minimum Gasteiger partial charge on any atom is -0.379 e. The Morgan fingerprint density at radius 2 is 1.54 bits per heavy atom. The van der Waals surface area contributed by atoms with E-state index in [0.29, 0.717) is 24.5 Å². The van der Waals surface area contributed by atoms with E-state index in [9.17, 15) is 21.6 Å². The van der Waals surface area contributed by atoms with Crippen LogP contribution in [-0.2, 0) is 24.6 Å². The smallest absolute Gasteiger partial charge is 0.256 e. The van der Waals surface area contributed by atoms with Gasteiger partial charge in [0.05, 0.1) is 34.4 Å². The number of carbonyl (C=O) groups is 1. The van der Waals surface area contributed by atoms with Crippen LogP contribution in [0.25, 0.3) is 0 Å². The third kappa shape index (κ3) is 5.69. The van der Waals surface area contributed by atoms with Crippen LogP contribution < -0.4 is 10.2 Å². The third-order valence-electron chi connectivity index (χ3n) is 6.40. The Balaban J connectivity index is 1.72. The van der Waals surface area contributed by atoms with Gasteiger partial charge in [-0.2, -0.15) is 4.31 Å². The number of hydrogen-bond acceptors (Lipinski definition) is 7. The summed E-state index contributed by atoms with van der Waals surface area (Å²) in [5, 5.41) is 2.88. The van der Waals surface area contributed by atoms with E-state index in [1.54, 1.807) is 25.1 Å². The Kier molecular flexibility index (Phi) is 7.51. The highest BCUT2D eigenvalue weighted by Crippen LogP contribution is 2.33. The van der Waals surface area contributed by atoms with Gasteiger partial charge in [-0.3, -0.25) is 4.79 Å². The Morgan fingerprint density at radius 3 is 2.20 bits per heavy atom. The van der Waals surface area contributed by atoms with Crippen molar-refractivity contribution in [1.29, 1.82) is 0 Å². The second-order valence-corrected chi connectivity index (χ2v) is 12.9. The molecule has 0 radical (unpaired) electrons. The summed E-state index contributed by atoms with van der Waals surface area (Å²) in [6.45, 7) is 4.56. The summed E-state index contributed by atoms with van der Waals surface area (Å²) < 4.78 is 57.3. The highest BCUT2D eigenvalue weighted by Gasteiger charge is 2.28. The Hall–Kier alpha value is -2.47. The molecule has 190 valence electrons. The average Bonchev–Trinajstić information content (AvgIpc) is 2.84. The van der Waals surface area contributed by atoms with Crippen molar-refractivity contribution in [3.63, 3.8) is 0 Å². The van der Waals surface area contributed by atoms with Crippen LogP contribution in [0.1, 0.15) is 35.2 Å². The van der Waals surface area contributed by atoms with Crippen LogP contribution in [0.4, 0.5) is 11.4 Å². The summed E-state index contributed by atoms with van der Waals surface area (Å²) in [7, 11) is -7.26. The van der Waals surface area contributed by atoms with E-state index in [4.69, 9.17) is 4.74 Å². The molecule has 0 saturated carbocycles. The predicted octanol–water partition coefficient (Wildman–Crippen LogP) is 2.66. The van der Waals surface area contributed by atoms with Crippen molar-refractivity contribution in [1.82, 2.24) is 4.31 Å². The molecule has 9 nitrogen and oxygen atoms in total. The lowest BCUT2D eigenvalue weighted by Gasteiger charge is -2.31. The fourth-order valence-corrected chi connectivity index (χ4v) is 6.47. The summed E-state index contributed by atoms with van der Waals surface area (Å²) in [6.07, 6.45) is 4.24. The van der Waals surface area contributed by atoms with Crippen molar-refractivity contribution in [2.45, 2.75) is 36.0 Å². The van der Waals surface area contributed by atoms with E-state index in [1.165, 1.54) is 22.5 Å². The molecule has 1 amide bonds. The molecule has 0 atom stereocenters. The minimum absolute atomic E-state index is 0.0492. The van der Waals surface area contributed by atoms with Gasteiger partial charge in [0.25, 0.3) is 5.91 Å². The van der Waals surface area contributed by atoms with Crippen LogP contribution >= 0.6 is 0 Å². The van der Waals surface area contributed by atoms with Crippen molar-refractivity contribution < 1.29 is 26.4 Å². The fraction of sp³-hybridized carbons (Fsp3) is 0.458. The second-order valence-electron chi connectivity index (χ2n) is 8.95. The summed E-state index contributed by atoms with van der Waals surface area (Å²) >= 11 is 0. The van der Waals surface area contributed by atoms with E-state index in [-0.39, 0.29) is 28.4 Å². The maximum atomic E-state index is 13.3. The molecule has 2 aliphatic rings. The van der Waals surface area contributed by atoms with Crippen LogP contribution in [-0.4, -0.2) is 72.7 Å². The van der Waals surface area contributed by atoms with Gasteiger partial charge < -0.3 is 15.0 Å². The molecule has 2 aromatic carbocycles. The van der Waals surface area contributed by atoms with Crippen molar-refractivity contribution >= 4 is 37.1 Å². The molecule has 35 heavy (non-hydrogen) atoms. The lowest BCUT2D eigenvalue weighted by molar-refractivity contribution is 0.0730. The molecule has 0 unspecified atom stereocenters. The Labute approximate surface area is 207 Å². The summed E-state index contributed by atoms with van der Waals surface area (Å²) in [6, 6.07) is 9.25. The molecule has 0 bridgehead atoms. The number of sulfonamides is 1. The summed E-state index contributed by atoms with van der Waals surface area (Å²) in [5.74, 6) is -0.493. The van der Waals surface area contributed by atoms with Crippen LogP contribution in [0.3, 0.4) is 0 Å². The van der Waals surface area contributed by atoms with Crippen LogP contribution in [0, 0.1) is 6.92 Å². The van der Waals surface area contributed by atoms with Crippen molar-refractivity contribution in [3.05, 3.63) is 47.5 Å². The van der Waals surface area contributed by atoms with E-state index in [2.05, 4.69) is 10.2 Å². The molecule has 2 heterocycles. The molecule has 0 aromatic heterocycles. The first kappa shape index (κ1) is 25.6. The zero-order valence-corrected chi connectivity index (χ0v) is 21.6. The van der Waals surface area contributed by atoms with Gasteiger partial charge in [0.2, 0.25) is 10.0 Å². The number of nitrogens with one attached hydrogen (secondary N) is 1. The summed E-state index contributed by atoms with van der Waals surface area (Å²) in [4.78, 5) is 15.6. The molecule has 0 aliphatic carbocycles. The molecule has 2 aromatic rings. The molecule has 1 N–H and O–H groups in total. The quantitative estimate of drug-likeness (QED) is 0.622. The lowest BCUT2D eigenvalue weighted by Crippen LogP contribution is -2.40. The van der Waals surface area contributed by atoms with Crippen LogP contribution in [0.2, 0.25) is 0 Å². The zero-order valence-electron chi connectivity index (χ0n) is 20.0. The minimum atomic E-state index is -3.76. The fourth-order valence-electron chi connectivity index (χ4n) is 4.39. The van der Waals surface area contributed by atoms with Gasteiger partial charge in [-0.05, 0) is 62.1 Å². The topological polar surface area (TPSA) is 113 Å². The monoisotopic (exact) mass is 521 g/mol. The SMILES string of the molecule is Cc1ccc(S(C)(=O)=O)cc1C(=O)Nc1cc(S(=O)(=O)N2CCOCC2)ccc1N1CCCCC1. The maximum Gasteiger partial charge on any atom is 0.256 e. The van der Waals surface area contributed by atoms with E-state index >= 15 is 0 Å². The molecule has 2 aliphatic heterocycles. The zero-order chi connectivity index (χ0) is 25.2. The lowest BCUT2D eigenvalue weighted by atomic mass is 10.1. The van der Waals surface area contributed by atoms with Gasteiger partial charge in [-0.1, -0.05) is 6.07 Å².